The molecule has 0 radical (unpaired) electrons. The molecular weight excluding hydrogens is 144 g/mol. The molecule has 0 aliphatic carbocycles. The SMILES string of the molecule is Cc1cncn1C(C)C(=O)O. The summed E-state index contributed by atoms with van der Waals surface area (Å²) >= 11 is 0. The predicted octanol–water partition coefficient (Wildman–Crippen LogP) is 0.837. The van der Waals surface area contributed by atoms with Gasteiger partial charge in [-0.3, -0.25) is 0 Å². The molecule has 4 nitrogen and oxygen atoms in total. The zero-order chi connectivity index (χ0) is 8.43. The van der Waals surface area contributed by atoms with Crippen molar-refractivity contribution in [3.63, 3.8) is 0 Å². The first-order valence-corrected chi connectivity index (χ1v) is 3.34. The first kappa shape index (κ1) is 7.78. The molecule has 1 unspecified atom stereocenters. The minimum atomic E-state index is -0.842. The van der Waals surface area contributed by atoms with Crippen LogP contribution < -0.4 is 0 Å². The van der Waals surface area contributed by atoms with Crippen molar-refractivity contribution in [3.05, 3.63) is 18.2 Å². The summed E-state index contributed by atoms with van der Waals surface area (Å²) in [6.45, 7) is 3.45. The van der Waals surface area contributed by atoms with E-state index in [1.54, 1.807) is 17.7 Å². The molecule has 60 valence electrons. The van der Waals surface area contributed by atoms with Gasteiger partial charge in [0.1, 0.15) is 6.04 Å². The summed E-state index contributed by atoms with van der Waals surface area (Å²) in [6, 6.07) is -0.530. The Hall–Kier alpha value is -1.32. The second kappa shape index (κ2) is 2.74. The van der Waals surface area contributed by atoms with Crippen molar-refractivity contribution in [2.24, 2.45) is 0 Å². The normalized spacial score (nSPS) is 12.9. The van der Waals surface area contributed by atoms with Gasteiger partial charge in [0.05, 0.1) is 6.33 Å². The molecule has 1 N–H and O–H groups in total. The van der Waals surface area contributed by atoms with Crippen molar-refractivity contribution in [1.29, 1.82) is 0 Å². The van der Waals surface area contributed by atoms with Crippen molar-refractivity contribution in [3.8, 4) is 0 Å². The summed E-state index contributed by atoms with van der Waals surface area (Å²) in [4.78, 5) is 14.3. The zero-order valence-electron chi connectivity index (χ0n) is 6.48. The number of carboxylic acid groups (broad SMARTS) is 1. The Morgan fingerprint density at radius 2 is 2.45 bits per heavy atom. The highest BCUT2D eigenvalue weighted by molar-refractivity contribution is 5.71. The van der Waals surface area contributed by atoms with Crippen LogP contribution in [0.1, 0.15) is 18.7 Å². The van der Waals surface area contributed by atoms with E-state index in [1.165, 1.54) is 6.33 Å². The van der Waals surface area contributed by atoms with Gasteiger partial charge >= 0.3 is 5.97 Å². The van der Waals surface area contributed by atoms with E-state index in [2.05, 4.69) is 4.98 Å². The molecule has 1 heterocycles. The summed E-state index contributed by atoms with van der Waals surface area (Å²) in [5, 5.41) is 8.63. The fraction of sp³-hybridized carbons (Fsp3) is 0.429. The number of carbonyl (C=O) groups is 1. The molecule has 0 saturated heterocycles. The summed E-state index contributed by atoms with van der Waals surface area (Å²) in [7, 11) is 0. The fourth-order valence-electron chi connectivity index (χ4n) is 0.895. The lowest BCUT2D eigenvalue weighted by atomic mass is 10.3. The maximum absolute atomic E-state index is 10.5. The molecule has 0 saturated carbocycles. The molecule has 0 bridgehead atoms. The van der Waals surface area contributed by atoms with Gasteiger partial charge in [0.15, 0.2) is 0 Å². The quantitative estimate of drug-likeness (QED) is 0.686. The Morgan fingerprint density at radius 1 is 1.82 bits per heavy atom. The van der Waals surface area contributed by atoms with Crippen molar-refractivity contribution < 1.29 is 9.90 Å². The monoisotopic (exact) mass is 154 g/mol. The summed E-state index contributed by atoms with van der Waals surface area (Å²) < 4.78 is 1.61. The molecule has 4 heteroatoms. The van der Waals surface area contributed by atoms with Crippen LogP contribution >= 0.6 is 0 Å². The molecule has 0 aromatic carbocycles. The molecule has 0 fully saturated rings. The van der Waals surface area contributed by atoms with Crippen LogP contribution in [0.4, 0.5) is 0 Å². The highest BCUT2D eigenvalue weighted by Gasteiger charge is 2.13. The van der Waals surface area contributed by atoms with Crippen LogP contribution in [0.3, 0.4) is 0 Å². The smallest absolute Gasteiger partial charge is 0.326 e. The molecule has 0 aliphatic rings. The molecular formula is C7H10N2O2. The highest BCUT2D eigenvalue weighted by atomic mass is 16.4. The molecule has 1 aromatic rings. The number of aliphatic carboxylic acids is 1. The second-order valence-electron chi connectivity index (χ2n) is 2.46. The van der Waals surface area contributed by atoms with Crippen LogP contribution in [0.2, 0.25) is 0 Å². The molecule has 1 rings (SSSR count). The van der Waals surface area contributed by atoms with Crippen LogP contribution in [-0.4, -0.2) is 20.6 Å². The largest absolute Gasteiger partial charge is 0.480 e. The Balaban J connectivity index is 2.92. The molecule has 0 aliphatic heterocycles. The average molecular weight is 154 g/mol. The maximum atomic E-state index is 10.5. The van der Waals surface area contributed by atoms with Gasteiger partial charge in [0.25, 0.3) is 0 Å². The van der Waals surface area contributed by atoms with Crippen molar-refractivity contribution in [2.45, 2.75) is 19.9 Å². The van der Waals surface area contributed by atoms with E-state index >= 15 is 0 Å². The van der Waals surface area contributed by atoms with E-state index in [9.17, 15) is 4.79 Å². The minimum Gasteiger partial charge on any atom is -0.480 e. The van der Waals surface area contributed by atoms with Crippen LogP contribution in [0.5, 0.6) is 0 Å². The van der Waals surface area contributed by atoms with Gasteiger partial charge in [-0.2, -0.15) is 0 Å². The third-order valence-corrected chi connectivity index (χ3v) is 1.63. The van der Waals surface area contributed by atoms with Crippen molar-refractivity contribution >= 4 is 5.97 Å². The number of carboxylic acids is 1. The molecule has 11 heavy (non-hydrogen) atoms. The van der Waals surface area contributed by atoms with E-state index in [1.807, 2.05) is 6.92 Å². The van der Waals surface area contributed by atoms with Crippen molar-refractivity contribution in [2.75, 3.05) is 0 Å². The molecule has 0 amide bonds. The number of hydrogen-bond donors (Lipinski definition) is 1. The number of aryl methyl sites for hydroxylation is 1. The number of imidazole rings is 1. The lowest BCUT2D eigenvalue weighted by molar-refractivity contribution is -0.140. The minimum absolute atomic E-state index is 0.530. The van der Waals surface area contributed by atoms with Gasteiger partial charge in [-0.25, -0.2) is 9.78 Å². The zero-order valence-corrected chi connectivity index (χ0v) is 6.48. The van der Waals surface area contributed by atoms with Crippen LogP contribution in [0.25, 0.3) is 0 Å². The third kappa shape index (κ3) is 1.39. The lowest BCUT2D eigenvalue weighted by Crippen LogP contribution is -2.15. The molecule has 1 aromatic heterocycles. The van der Waals surface area contributed by atoms with E-state index in [-0.39, 0.29) is 0 Å². The Labute approximate surface area is 64.5 Å². The van der Waals surface area contributed by atoms with Crippen LogP contribution in [0, 0.1) is 6.92 Å². The maximum Gasteiger partial charge on any atom is 0.326 e. The number of rotatable bonds is 2. The Morgan fingerprint density at radius 3 is 2.82 bits per heavy atom. The summed E-state index contributed by atoms with van der Waals surface area (Å²) in [5.41, 5.74) is 0.861. The standard InChI is InChI=1S/C7H10N2O2/c1-5-3-8-4-9(5)6(2)7(10)11/h3-4,6H,1-2H3,(H,10,11). The van der Waals surface area contributed by atoms with Gasteiger partial charge in [0, 0.05) is 11.9 Å². The second-order valence-corrected chi connectivity index (χ2v) is 2.46. The number of hydrogen-bond acceptors (Lipinski definition) is 2. The van der Waals surface area contributed by atoms with Crippen LogP contribution in [-0.2, 0) is 4.79 Å². The van der Waals surface area contributed by atoms with Gasteiger partial charge in [-0.05, 0) is 13.8 Å². The summed E-state index contributed by atoms with van der Waals surface area (Å²) in [5.74, 6) is -0.842. The lowest BCUT2D eigenvalue weighted by Gasteiger charge is -2.08. The van der Waals surface area contributed by atoms with Crippen molar-refractivity contribution in [1.82, 2.24) is 9.55 Å². The van der Waals surface area contributed by atoms with E-state index < -0.39 is 12.0 Å². The van der Waals surface area contributed by atoms with E-state index in [4.69, 9.17) is 5.11 Å². The molecule has 0 spiro atoms. The van der Waals surface area contributed by atoms with E-state index in [0.29, 0.717) is 0 Å². The predicted molar refractivity (Wildman–Crippen MR) is 39.3 cm³/mol. The number of aromatic nitrogens is 2. The third-order valence-electron chi connectivity index (χ3n) is 1.63. The topological polar surface area (TPSA) is 55.1 Å². The van der Waals surface area contributed by atoms with Gasteiger partial charge < -0.3 is 9.67 Å². The fourth-order valence-corrected chi connectivity index (χ4v) is 0.895. The van der Waals surface area contributed by atoms with Gasteiger partial charge in [-0.1, -0.05) is 0 Å². The Kier molecular flexibility index (Phi) is 1.94. The summed E-state index contributed by atoms with van der Waals surface area (Å²) in [6.07, 6.45) is 3.16. The van der Waals surface area contributed by atoms with Crippen LogP contribution in [0.15, 0.2) is 12.5 Å². The first-order chi connectivity index (χ1) is 5.13. The van der Waals surface area contributed by atoms with Gasteiger partial charge in [0.2, 0.25) is 0 Å². The van der Waals surface area contributed by atoms with E-state index in [0.717, 1.165) is 5.69 Å². The average Bonchev–Trinajstić information content (AvgIpc) is 2.33. The number of nitrogens with zero attached hydrogens (tertiary/aromatic N) is 2. The highest BCUT2D eigenvalue weighted by Crippen LogP contribution is 2.07. The molecule has 1 atom stereocenters. The Bertz CT molecular complexity index is 267. The van der Waals surface area contributed by atoms with Gasteiger partial charge in [-0.15, -0.1) is 0 Å². The first-order valence-electron chi connectivity index (χ1n) is 3.34.